The quantitative estimate of drug-likeness (QED) is 0.166. The minimum atomic E-state index is -0.483. The van der Waals surface area contributed by atoms with Crippen LogP contribution in [0, 0.1) is 0 Å². The van der Waals surface area contributed by atoms with Gasteiger partial charge in [-0.25, -0.2) is 0 Å². The number of para-hydroxylation sites is 1. The van der Waals surface area contributed by atoms with Gasteiger partial charge < -0.3 is 4.74 Å². The van der Waals surface area contributed by atoms with Gasteiger partial charge in [-0.15, -0.1) is 0 Å². The second kappa shape index (κ2) is 10.4. The third-order valence-corrected chi connectivity index (χ3v) is 13.2. The van der Waals surface area contributed by atoms with Gasteiger partial charge in [0.2, 0.25) is 0 Å². The summed E-state index contributed by atoms with van der Waals surface area (Å²) in [5, 5.41) is 2.58. The smallest absolute Gasteiger partial charge is 0.132 e. The molecule has 1 atom stereocenters. The lowest BCUT2D eigenvalue weighted by Crippen LogP contribution is -2.32. The van der Waals surface area contributed by atoms with E-state index in [-0.39, 0.29) is 0 Å². The topological polar surface area (TPSA) is 9.23 Å². The predicted octanol–water partition coefficient (Wildman–Crippen LogP) is 13.3. The maximum Gasteiger partial charge on any atom is 0.132 e. The molecule has 2 spiro atoms. The average molecular weight is 697 g/mol. The van der Waals surface area contributed by atoms with E-state index in [1.54, 1.807) is 0 Å². The Morgan fingerprint density at radius 2 is 0.836 bits per heavy atom. The van der Waals surface area contributed by atoms with Gasteiger partial charge in [-0.2, -0.15) is 0 Å². The lowest BCUT2D eigenvalue weighted by molar-refractivity contribution is 0.436. The Morgan fingerprint density at radius 3 is 1.58 bits per heavy atom. The molecule has 0 amide bonds. The van der Waals surface area contributed by atoms with Crippen molar-refractivity contribution in [1.29, 1.82) is 0 Å². The van der Waals surface area contributed by atoms with E-state index in [1.807, 2.05) is 0 Å². The fraction of sp³-hybridized carbons (Fsp3) is 0.0370. The number of hydrogen-bond acceptors (Lipinski definition) is 1. The molecule has 254 valence electrons. The largest absolute Gasteiger partial charge is 0.457 e. The molecule has 9 aromatic carbocycles. The van der Waals surface area contributed by atoms with Crippen LogP contribution < -0.4 is 4.74 Å². The summed E-state index contributed by atoms with van der Waals surface area (Å²) in [6, 6.07) is 72.3. The van der Waals surface area contributed by atoms with Crippen LogP contribution in [0.1, 0.15) is 44.5 Å². The highest BCUT2D eigenvalue weighted by Gasteiger charge is 2.54. The van der Waals surface area contributed by atoms with E-state index >= 15 is 0 Å². The minimum absolute atomic E-state index is 0.445. The first-order valence-corrected chi connectivity index (χ1v) is 19.3. The zero-order chi connectivity index (χ0) is 35.9. The molecule has 3 aliphatic carbocycles. The van der Waals surface area contributed by atoms with Crippen LogP contribution in [0.2, 0.25) is 0 Å². The molecule has 0 aromatic heterocycles. The Balaban J connectivity index is 1.09. The van der Waals surface area contributed by atoms with Crippen molar-refractivity contribution in [2.24, 2.45) is 0 Å². The van der Waals surface area contributed by atoms with Crippen LogP contribution in [0.15, 0.2) is 194 Å². The molecule has 1 nitrogen and oxygen atoms in total. The molecule has 1 aliphatic heterocycles. The molecule has 55 heavy (non-hydrogen) atoms. The SMILES string of the molecule is c1ccc2c(c1)Oc1cc(-c3cccc4c3-c3ccccc3C43c4ccccc4-c4ccc5ccccc5c43)ccc1C21c2ccccc2-c2ccccc21. The maximum atomic E-state index is 6.98. The van der Waals surface area contributed by atoms with Crippen LogP contribution in [0.3, 0.4) is 0 Å². The molecule has 0 bridgehead atoms. The highest BCUT2D eigenvalue weighted by atomic mass is 16.5. The van der Waals surface area contributed by atoms with Gasteiger partial charge in [0.15, 0.2) is 0 Å². The van der Waals surface area contributed by atoms with E-state index in [9.17, 15) is 0 Å². The van der Waals surface area contributed by atoms with Crippen LogP contribution >= 0.6 is 0 Å². The lowest BCUT2D eigenvalue weighted by Gasteiger charge is -2.39. The summed E-state index contributed by atoms with van der Waals surface area (Å²) >= 11 is 0. The number of benzene rings is 9. The van der Waals surface area contributed by atoms with Crippen molar-refractivity contribution in [3.63, 3.8) is 0 Å². The van der Waals surface area contributed by atoms with Crippen LogP contribution in [0.25, 0.3) is 55.3 Å². The van der Waals surface area contributed by atoms with Gasteiger partial charge in [-0.3, -0.25) is 0 Å². The van der Waals surface area contributed by atoms with Gasteiger partial charge in [0.25, 0.3) is 0 Å². The predicted molar refractivity (Wildman–Crippen MR) is 223 cm³/mol. The second-order valence-corrected chi connectivity index (χ2v) is 15.4. The molecule has 1 heterocycles. The van der Waals surface area contributed by atoms with Crippen molar-refractivity contribution in [3.05, 3.63) is 239 Å². The normalized spacial score (nSPS) is 16.7. The summed E-state index contributed by atoms with van der Waals surface area (Å²) < 4.78 is 6.98. The molecule has 1 heteroatoms. The summed E-state index contributed by atoms with van der Waals surface area (Å²) in [5.41, 5.74) is 19.7. The molecule has 0 fully saturated rings. The molecule has 1 unspecified atom stereocenters. The summed E-state index contributed by atoms with van der Waals surface area (Å²) in [6.07, 6.45) is 0. The van der Waals surface area contributed by atoms with Crippen molar-refractivity contribution in [2.75, 3.05) is 0 Å². The molecule has 13 rings (SSSR count). The number of rotatable bonds is 1. The number of ether oxygens (including phenoxy) is 1. The molecule has 9 aromatic rings. The first-order valence-electron chi connectivity index (χ1n) is 19.3. The molecular formula is C54H32O. The Kier molecular flexibility index (Phi) is 5.56. The van der Waals surface area contributed by atoms with Gasteiger partial charge >= 0.3 is 0 Å². The number of fused-ring (bicyclic) bond motifs is 21. The van der Waals surface area contributed by atoms with Gasteiger partial charge in [0, 0.05) is 11.1 Å². The highest BCUT2D eigenvalue weighted by Crippen LogP contribution is 2.66. The Labute approximate surface area is 319 Å². The van der Waals surface area contributed by atoms with Gasteiger partial charge in [-0.05, 0) is 101 Å². The molecule has 0 saturated heterocycles. The van der Waals surface area contributed by atoms with Crippen molar-refractivity contribution in [2.45, 2.75) is 10.8 Å². The van der Waals surface area contributed by atoms with Crippen molar-refractivity contribution in [3.8, 4) is 56.0 Å². The van der Waals surface area contributed by atoms with Crippen molar-refractivity contribution >= 4 is 10.8 Å². The second-order valence-electron chi connectivity index (χ2n) is 15.4. The van der Waals surface area contributed by atoms with Gasteiger partial charge in [0.05, 0.1) is 10.8 Å². The Hall–Kier alpha value is -6.96. The Bertz CT molecular complexity index is 3100. The van der Waals surface area contributed by atoms with E-state index in [1.165, 1.54) is 94.2 Å². The summed E-state index contributed by atoms with van der Waals surface area (Å²) in [4.78, 5) is 0. The van der Waals surface area contributed by atoms with Crippen molar-refractivity contribution < 1.29 is 4.74 Å². The van der Waals surface area contributed by atoms with Crippen LogP contribution in [0.5, 0.6) is 11.5 Å². The fourth-order valence-electron chi connectivity index (χ4n) is 11.2. The first-order chi connectivity index (χ1) is 27.3. The Morgan fingerprint density at radius 1 is 0.309 bits per heavy atom. The first kappa shape index (κ1) is 29.5. The van der Waals surface area contributed by atoms with E-state index in [4.69, 9.17) is 4.74 Å². The lowest BCUT2D eigenvalue weighted by atomic mass is 9.66. The fourth-order valence-corrected chi connectivity index (χ4v) is 11.2. The third-order valence-electron chi connectivity index (χ3n) is 13.2. The molecule has 0 saturated carbocycles. The number of hydrogen-bond donors (Lipinski definition) is 0. The van der Waals surface area contributed by atoms with Gasteiger partial charge in [0.1, 0.15) is 11.5 Å². The monoisotopic (exact) mass is 696 g/mol. The van der Waals surface area contributed by atoms with E-state index in [2.05, 4.69) is 194 Å². The van der Waals surface area contributed by atoms with Crippen molar-refractivity contribution in [1.82, 2.24) is 0 Å². The zero-order valence-electron chi connectivity index (χ0n) is 29.9. The third kappa shape index (κ3) is 3.42. The highest BCUT2D eigenvalue weighted by molar-refractivity contribution is 6.06. The maximum absolute atomic E-state index is 6.98. The van der Waals surface area contributed by atoms with E-state index in [0.29, 0.717) is 0 Å². The van der Waals surface area contributed by atoms with Crippen LogP contribution in [-0.2, 0) is 10.8 Å². The minimum Gasteiger partial charge on any atom is -0.457 e. The standard InChI is InChI=1S/C54H32O/c1-2-15-36-33(14-1)28-30-40-39-18-5-9-23-44(39)54(52(36)40)45-24-10-6-19-41(45)51-35(20-13-26-48(51)54)34-29-31-47-50(32-34)55-49-27-12-11-25-46(49)53(47)42-21-7-3-16-37(42)38-17-4-8-22-43(38)53/h1-32H. The van der Waals surface area contributed by atoms with Gasteiger partial charge in [-0.1, -0.05) is 182 Å². The summed E-state index contributed by atoms with van der Waals surface area (Å²) in [7, 11) is 0. The van der Waals surface area contributed by atoms with E-state index in [0.717, 1.165) is 17.1 Å². The molecule has 0 N–H and O–H groups in total. The summed E-state index contributed by atoms with van der Waals surface area (Å²) in [6.45, 7) is 0. The molecule has 0 radical (unpaired) electrons. The summed E-state index contributed by atoms with van der Waals surface area (Å²) in [5.74, 6) is 1.82. The van der Waals surface area contributed by atoms with Crippen LogP contribution in [-0.4, -0.2) is 0 Å². The molecule has 4 aliphatic rings. The zero-order valence-corrected chi connectivity index (χ0v) is 29.9. The van der Waals surface area contributed by atoms with E-state index < -0.39 is 10.8 Å². The average Bonchev–Trinajstić information content (AvgIpc) is 3.84. The van der Waals surface area contributed by atoms with Crippen LogP contribution in [0.4, 0.5) is 0 Å². The molecular weight excluding hydrogens is 665 g/mol.